The zero-order valence-corrected chi connectivity index (χ0v) is 25.8. The standard InChI is InChI=1S/C26H23F8NO3S.CH3.CH2.Sb/c1-3-15(4-2)22(36)35-12-11-23(39(37,38)19-8-6-18(27)7-9-19)20-10-5-17(13-16(20)14-21(23)35)24(28,25(29,30)31)26(32,33)34;;;/h5-10,13,15,21H,1-4,11-12,14H2;1H3;1H2;. The summed E-state index contributed by atoms with van der Waals surface area (Å²) in [7, 11) is -4.49. The van der Waals surface area contributed by atoms with Crippen LogP contribution in [0.15, 0.2) is 47.4 Å². The molecule has 2 aliphatic heterocycles. The molecule has 0 radical (unpaired) electrons. The van der Waals surface area contributed by atoms with Crippen LogP contribution in [0.1, 0.15) is 36.0 Å². The van der Waals surface area contributed by atoms with Crippen LogP contribution in [0, 0.1) is 11.7 Å². The number of nitrogens with zero attached hydrogens (tertiary/aromatic N) is 1. The molecule has 0 spiro atoms. The summed E-state index contributed by atoms with van der Waals surface area (Å²) < 4.78 is 142. The minimum atomic E-state index is -6.35. The van der Waals surface area contributed by atoms with Gasteiger partial charge in [-0.3, -0.25) is 0 Å². The first-order valence-electron chi connectivity index (χ1n) is 13.2. The zero-order chi connectivity index (χ0) is 31.1. The maximum absolute atomic E-state index is 15.0. The van der Waals surface area contributed by atoms with Gasteiger partial charge in [0.2, 0.25) is 0 Å². The first-order chi connectivity index (χ1) is 19.3. The van der Waals surface area contributed by atoms with E-state index < -0.39 is 74.3 Å². The molecule has 2 aromatic rings. The predicted octanol–water partition coefficient (Wildman–Crippen LogP) is 6.44. The molecule has 4 nitrogen and oxygen atoms in total. The molecule has 2 unspecified atom stereocenters. The Morgan fingerprint density at radius 3 is 2.10 bits per heavy atom. The SMILES string of the molecule is [CH2]=[Sb]1([CH3])[CH2]CC(C(=O)N2CCC3(S(=O)(=O)c4ccc(F)cc4)c4ccc(C(F)(C(F)(F)F)C(F)(F)F)cc4CC23)C[CH2]1. The molecule has 5 rings (SSSR count). The molecule has 2 heterocycles. The van der Waals surface area contributed by atoms with Crippen molar-refractivity contribution in [2.24, 2.45) is 5.92 Å². The number of halogens is 8. The van der Waals surface area contributed by atoms with Gasteiger partial charge in [-0.25, -0.2) is 4.39 Å². The molecule has 1 aliphatic carbocycles. The van der Waals surface area contributed by atoms with E-state index in [-0.39, 0.29) is 41.3 Å². The fraction of sp³-hybridized carbons (Fsp3) is 0.500. The fourth-order valence-electron chi connectivity index (χ4n) is 6.75. The second-order valence-corrected chi connectivity index (χ2v) is 25.7. The second kappa shape index (κ2) is 10.0. The van der Waals surface area contributed by atoms with E-state index in [9.17, 15) is 48.3 Å². The molecule has 42 heavy (non-hydrogen) atoms. The number of rotatable bonds is 4. The number of sulfone groups is 1. The van der Waals surface area contributed by atoms with Crippen molar-refractivity contribution in [3.8, 4) is 0 Å². The summed E-state index contributed by atoms with van der Waals surface area (Å²) in [5, 5.41) is 0. The third kappa shape index (κ3) is 4.63. The maximum atomic E-state index is 15.0. The molecule has 14 heteroatoms. The number of alkyl halides is 7. The van der Waals surface area contributed by atoms with Gasteiger partial charge in [0, 0.05) is 0 Å². The van der Waals surface area contributed by atoms with E-state index in [4.69, 9.17) is 0 Å². The van der Waals surface area contributed by atoms with Crippen molar-refractivity contribution in [1.82, 2.24) is 4.90 Å². The third-order valence-electron chi connectivity index (χ3n) is 9.06. The van der Waals surface area contributed by atoms with Gasteiger partial charge in [-0.05, 0) is 0 Å². The summed E-state index contributed by atoms with van der Waals surface area (Å²) >= 11 is -2.36. The summed E-state index contributed by atoms with van der Waals surface area (Å²) in [5.74, 6) is -1.46. The van der Waals surface area contributed by atoms with Crippen molar-refractivity contribution in [2.75, 3.05) is 6.54 Å². The molecule has 2 fully saturated rings. The first-order valence-corrected chi connectivity index (χ1v) is 22.7. The Morgan fingerprint density at radius 2 is 1.55 bits per heavy atom. The van der Waals surface area contributed by atoms with Crippen LogP contribution in [-0.2, 0) is 31.5 Å². The Labute approximate surface area is 241 Å². The number of carbonyl (C=O) groups is 1. The van der Waals surface area contributed by atoms with Gasteiger partial charge in [-0.1, -0.05) is 0 Å². The van der Waals surface area contributed by atoms with E-state index >= 15 is 0 Å². The Morgan fingerprint density at radius 1 is 0.976 bits per heavy atom. The van der Waals surface area contributed by atoms with Crippen molar-refractivity contribution in [1.29, 1.82) is 0 Å². The third-order valence-corrected chi connectivity index (χ3v) is 19.2. The second-order valence-electron chi connectivity index (χ2n) is 11.7. The van der Waals surface area contributed by atoms with Crippen LogP contribution in [0.2, 0.25) is 13.6 Å². The average molecular weight is 732 g/mol. The van der Waals surface area contributed by atoms with Crippen LogP contribution in [0.25, 0.3) is 0 Å². The molecular formula is C28H28F8NO3SSb. The minimum absolute atomic E-state index is 0.0101. The van der Waals surface area contributed by atoms with Gasteiger partial charge < -0.3 is 0 Å². The molecule has 2 aromatic carbocycles. The quantitative estimate of drug-likeness (QED) is 0.207. The van der Waals surface area contributed by atoms with E-state index in [2.05, 4.69) is 9.32 Å². The van der Waals surface area contributed by atoms with Crippen molar-refractivity contribution < 1.29 is 48.3 Å². The molecule has 0 saturated carbocycles. The molecular weight excluding hydrogens is 704 g/mol. The van der Waals surface area contributed by atoms with Gasteiger partial charge in [0.25, 0.3) is 0 Å². The predicted molar refractivity (Wildman–Crippen MR) is 142 cm³/mol. The summed E-state index contributed by atoms with van der Waals surface area (Å²) in [6, 6.07) is 4.26. The molecule has 0 bridgehead atoms. The van der Waals surface area contributed by atoms with E-state index in [0.717, 1.165) is 39.1 Å². The average Bonchev–Trinajstić information content (AvgIpc) is 3.42. The molecule has 0 aromatic heterocycles. The normalized spacial score (nSPS) is 28.5. The summed E-state index contributed by atoms with van der Waals surface area (Å²) in [4.78, 5) is 17.0. The van der Waals surface area contributed by atoms with Gasteiger partial charge in [0.1, 0.15) is 0 Å². The number of hydrogen-bond acceptors (Lipinski definition) is 3. The number of fused-ring (bicyclic) bond motifs is 3. The number of likely N-dealkylation sites (tertiary alicyclic amines) is 1. The monoisotopic (exact) mass is 731 g/mol. The molecule has 230 valence electrons. The Balaban J connectivity index is 1.64. The molecule has 3 aliphatic rings. The number of carbonyl (C=O) groups excluding carboxylic acids is 1. The number of amides is 1. The molecule has 2 atom stereocenters. The van der Waals surface area contributed by atoms with Gasteiger partial charge >= 0.3 is 211 Å². The number of hydrogen-bond donors (Lipinski definition) is 0. The van der Waals surface area contributed by atoms with Gasteiger partial charge in [0.05, 0.1) is 0 Å². The summed E-state index contributed by atoms with van der Waals surface area (Å²) in [6.07, 6.45) is -12.1. The van der Waals surface area contributed by atoms with Crippen LogP contribution >= 0.6 is 0 Å². The van der Waals surface area contributed by atoms with Crippen LogP contribution in [0.4, 0.5) is 35.1 Å². The molecule has 0 N–H and O–H groups in total. The Kier molecular flexibility index (Phi) is 7.48. The van der Waals surface area contributed by atoms with Crippen molar-refractivity contribution in [2.45, 2.75) is 73.0 Å². The van der Waals surface area contributed by atoms with Crippen molar-refractivity contribution in [3.63, 3.8) is 0 Å². The molecule has 1 amide bonds. The molecule has 2 saturated heterocycles. The summed E-state index contributed by atoms with van der Waals surface area (Å²) in [5.41, 5.74) is -7.73. The Hall–Kier alpha value is -2.01. The van der Waals surface area contributed by atoms with E-state index in [0.29, 0.717) is 25.0 Å². The van der Waals surface area contributed by atoms with Gasteiger partial charge in [-0.15, -0.1) is 0 Å². The van der Waals surface area contributed by atoms with Crippen molar-refractivity contribution >= 4 is 38.5 Å². The van der Waals surface area contributed by atoms with E-state index in [1.165, 1.54) is 4.90 Å². The Bertz CT molecular complexity index is 1540. The van der Waals surface area contributed by atoms with Crippen LogP contribution in [0.3, 0.4) is 0 Å². The van der Waals surface area contributed by atoms with Crippen LogP contribution in [-0.4, -0.2) is 66.9 Å². The van der Waals surface area contributed by atoms with E-state index in [1.54, 1.807) is 0 Å². The summed E-state index contributed by atoms with van der Waals surface area (Å²) in [6.45, 7) is -0.0101. The van der Waals surface area contributed by atoms with Crippen LogP contribution < -0.4 is 0 Å². The van der Waals surface area contributed by atoms with Gasteiger partial charge in [-0.2, -0.15) is 26.3 Å². The first kappa shape index (κ1) is 31.4. The zero-order valence-electron chi connectivity index (χ0n) is 22.4. The fourth-order valence-corrected chi connectivity index (χ4v) is 15.1. The topological polar surface area (TPSA) is 54.5 Å². The van der Waals surface area contributed by atoms with E-state index in [1.807, 2.05) is 0 Å². The number of benzene rings is 2. The van der Waals surface area contributed by atoms with Crippen molar-refractivity contribution in [3.05, 3.63) is 65.0 Å². The van der Waals surface area contributed by atoms with Gasteiger partial charge in [0.15, 0.2) is 0 Å². The van der Waals surface area contributed by atoms with Crippen LogP contribution in [0.5, 0.6) is 0 Å².